The van der Waals surface area contributed by atoms with Crippen LogP contribution in [0.1, 0.15) is 55.8 Å². The van der Waals surface area contributed by atoms with E-state index in [4.69, 9.17) is 4.74 Å². The Morgan fingerprint density at radius 1 is 1.22 bits per heavy atom. The molecule has 1 aromatic carbocycles. The molecule has 2 nitrogen and oxygen atoms in total. The van der Waals surface area contributed by atoms with Gasteiger partial charge in [-0.05, 0) is 40.5 Å². The van der Waals surface area contributed by atoms with Crippen LogP contribution in [0.3, 0.4) is 0 Å². The predicted octanol–water partition coefficient (Wildman–Crippen LogP) is 5.00. The van der Waals surface area contributed by atoms with Gasteiger partial charge in [-0.15, -0.1) is 0 Å². The van der Waals surface area contributed by atoms with E-state index in [0.29, 0.717) is 6.42 Å². The Morgan fingerprint density at radius 2 is 1.94 bits per heavy atom. The lowest BCUT2D eigenvalue weighted by molar-refractivity contribution is 0.0978. The topological polar surface area (TPSA) is 26.3 Å². The highest BCUT2D eigenvalue weighted by Gasteiger charge is 2.10. The van der Waals surface area contributed by atoms with Gasteiger partial charge in [0.2, 0.25) is 0 Å². The molecule has 0 bridgehead atoms. The van der Waals surface area contributed by atoms with Crippen molar-refractivity contribution in [3.8, 4) is 5.75 Å². The van der Waals surface area contributed by atoms with Crippen LogP contribution >= 0.6 is 15.9 Å². The maximum absolute atomic E-state index is 12.0. The van der Waals surface area contributed by atoms with E-state index in [0.717, 1.165) is 28.6 Å². The van der Waals surface area contributed by atoms with Crippen LogP contribution in [-0.2, 0) is 0 Å². The van der Waals surface area contributed by atoms with Crippen molar-refractivity contribution >= 4 is 21.7 Å². The highest BCUT2D eigenvalue weighted by molar-refractivity contribution is 9.10. The van der Waals surface area contributed by atoms with Crippen LogP contribution in [0.25, 0.3) is 0 Å². The van der Waals surface area contributed by atoms with Gasteiger partial charge in [0, 0.05) is 16.5 Å². The molecule has 0 unspecified atom stereocenters. The zero-order chi connectivity index (χ0) is 13.4. The molecule has 100 valence electrons. The minimum Gasteiger partial charge on any atom is -0.497 e. The van der Waals surface area contributed by atoms with Gasteiger partial charge < -0.3 is 4.74 Å². The van der Waals surface area contributed by atoms with Crippen molar-refractivity contribution in [2.24, 2.45) is 0 Å². The number of ketones is 1. The molecule has 1 rings (SSSR count). The molecule has 0 heterocycles. The summed E-state index contributed by atoms with van der Waals surface area (Å²) in [7, 11) is 1.62. The Bertz CT molecular complexity index is 388. The number of hydrogen-bond acceptors (Lipinski definition) is 2. The smallest absolute Gasteiger partial charge is 0.164 e. The van der Waals surface area contributed by atoms with Gasteiger partial charge in [-0.1, -0.05) is 32.6 Å². The van der Waals surface area contributed by atoms with Gasteiger partial charge in [0.1, 0.15) is 5.75 Å². The minimum atomic E-state index is 0.209. The first kappa shape index (κ1) is 15.2. The number of Topliss-reactive ketones (excluding diaryl/α,β-unsaturated/α-hetero) is 1. The molecule has 18 heavy (non-hydrogen) atoms. The number of halogens is 1. The summed E-state index contributed by atoms with van der Waals surface area (Å²) in [5.74, 6) is 0.974. The predicted molar refractivity (Wildman–Crippen MR) is 78.4 cm³/mol. The average Bonchev–Trinajstić information content (AvgIpc) is 2.38. The quantitative estimate of drug-likeness (QED) is 0.498. The molecule has 0 spiro atoms. The third kappa shape index (κ3) is 4.81. The lowest BCUT2D eigenvalue weighted by Crippen LogP contribution is -2.00. The Balaban J connectivity index is 2.46. The second-order valence-electron chi connectivity index (χ2n) is 4.43. The van der Waals surface area contributed by atoms with Gasteiger partial charge in [0.15, 0.2) is 5.78 Å². The second-order valence-corrected chi connectivity index (χ2v) is 5.29. The van der Waals surface area contributed by atoms with E-state index in [1.807, 2.05) is 18.2 Å². The van der Waals surface area contributed by atoms with E-state index in [-0.39, 0.29) is 5.78 Å². The molecule has 0 amide bonds. The number of carbonyl (C=O) groups excluding carboxylic acids is 1. The fraction of sp³-hybridized carbons (Fsp3) is 0.533. The molecule has 0 radical (unpaired) electrons. The molecule has 0 aliphatic heterocycles. The molecule has 1 aromatic rings. The van der Waals surface area contributed by atoms with Crippen LogP contribution in [0.5, 0.6) is 5.75 Å². The number of hydrogen-bond donors (Lipinski definition) is 0. The van der Waals surface area contributed by atoms with E-state index in [2.05, 4.69) is 22.9 Å². The molecule has 0 aliphatic carbocycles. The SMILES string of the molecule is CCCCCCCC(=O)c1ccc(OC)cc1Br. The van der Waals surface area contributed by atoms with Crippen molar-refractivity contribution in [1.82, 2.24) is 0 Å². The summed E-state index contributed by atoms with van der Waals surface area (Å²) in [6, 6.07) is 5.50. The maximum atomic E-state index is 12.0. The first-order valence-corrected chi connectivity index (χ1v) is 7.35. The summed E-state index contributed by atoms with van der Waals surface area (Å²) in [5, 5.41) is 0. The van der Waals surface area contributed by atoms with E-state index in [9.17, 15) is 4.79 Å². The number of unbranched alkanes of at least 4 members (excludes halogenated alkanes) is 4. The first-order chi connectivity index (χ1) is 8.69. The second kappa shape index (κ2) is 8.30. The zero-order valence-corrected chi connectivity index (χ0v) is 12.8. The van der Waals surface area contributed by atoms with E-state index in [1.54, 1.807) is 7.11 Å². The van der Waals surface area contributed by atoms with Crippen molar-refractivity contribution in [3.05, 3.63) is 28.2 Å². The van der Waals surface area contributed by atoms with Crippen LogP contribution < -0.4 is 4.74 Å². The summed E-state index contributed by atoms with van der Waals surface area (Å²) < 4.78 is 5.93. The number of carbonyl (C=O) groups is 1. The Labute approximate surface area is 118 Å². The largest absolute Gasteiger partial charge is 0.497 e. The van der Waals surface area contributed by atoms with Crippen molar-refractivity contribution in [3.63, 3.8) is 0 Å². The third-order valence-electron chi connectivity index (χ3n) is 2.98. The van der Waals surface area contributed by atoms with Crippen molar-refractivity contribution < 1.29 is 9.53 Å². The molecule has 0 fully saturated rings. The third-order valence-corrected chi connectivity index (χ3v) is 3.64. The molecule has 0 saturated heterocycles. The summed E-state index contributed by atoms with van der Waals surface area (Å²) in [5.41, 5.74) is 0.756. The summed E-state index contributed by atoms with van der Waals surface area (Å²) >= 11 is 3.42. The van der Waals surface area contributed by atoms with E-state index < -0.39 is 0 Å². The number of ether oxygens (including phenoxy) is 1. The van der Waals surface area contributed by atoms with Crippen molar-refractivity contribution in [2.75, 3.05) is 7.11 Å². The van der Waals surface area contributed by atoms with Crippen molar-refractivity contribution in [2.45, 2.75) is 45.4 Å². The first-order valence-electron chi connectivity index (χ1n) is 6.55. The Kier molecular flexibility index (Phi) is 7.02. The van der Waals surface area contributed by atoms with Gasteiger partial charge in [0.25, 0.3) is 0 Å². The van der Waals surface area contributed by atoms with Gasteiger partial charge in [0.05, 0.1) is 7.11 Å². The zero-order valence-electron chi connectivity index (χ0n) is 11.2. The van der Waals surface area contributed by atoms with Crippen LogP contribution in [0.2, 0.25) is 0 Å². The highest BCUT2D eigenvalue weighted by atomic mass is 79.9. The summed E-state index contributed by atoms with van der Waals surface area (Å²) in [4.78, 5) is 12.0. The number of rotatable bonds is 8. The van der Waals surface area contributed by atoms with E-state index >= 15 is 0 Å². The fourth-order valence-electron chi connectivity index (χ4n) is 1.87. The van der Waals surface area contributed by atoms with Crippen LogP contribution in [-0.4, -0.2) is 12.9 Å². The van der Waals surface area contributed by atoms with Gasteiger partial charge in [-0.25, -0.2) is 0 Å². The summed E-state index contributed by atoms with van der Waals surface area (Å²) in [6.07, 6.45) is 6.49. The molecular weight excluding hydrogens is 292 g/mol. The standard InChI is InChI=1S/C15H21BrO2/c1-3-4-5-6-7-8-15(17)13-10-9-12(18-2)11-14(13)16/h9-11H,3-8H2,1-2H3. The summed E-state index contributed by atoms with van der Waals surface area (Å²) in [6.45, 7) is 2.19. The average molecular weight is 313 g/mol. The van der Waals surface area contributed by atoms with Crippen LogP contribution in [0.4, 0.5) is 0 Å². The van der Waals surface area contributed by atoms with Gasteiger partial charge in [-0.2, -0.15) is 0 Å². The molecule has 3 heteroatoms. The number of benzene rings is 1. The molecule has 0 atom stereocenters. The number of methoxy groups -OCH3 is 1. The molecular formula is C15H21BrO2. The maximum Gasteiger partial charge on any atom is 0.164 e. The molecule has 0 aliphatic rings. The highest BCUT2D eigenvalue weighted by Crippen LogP contribution is 2.24. The van der Waals surface area contributed by atoms with Crippen LogP contribution in [0.15, 0.2) is 22.7 Å². The van der Waals surface area contributed by atoms with Gasteiger partial charge in [-0.3, -0.25) is 4.79 Å². The lowest BCUT2D eigenvalue weighted by atomic mass is 10.0. The molecule has 0 N–H and O–H groups in total. The Hall–Kier alpha value is -0.830. The monoisotopic (exact) mass is 312 g/mol. The fourth-order valence-corrected chi connectivity index (χ4v) is 2.45. The normalized spacial score (nSPS) is 10.4. The Morgan fingerprint density at radius 3 is 2.56 bits per heavy atom. The van der Waals surface area contributed by atoms with Crippen LogP contribution in [0, 0.1) is 0 Å². The van der Waals surface area contributed by atoms with Crippen molar-refractivity contribution in [1.29, 1.82) is 0 Å². The minimum absolute atomic E-state index is 0.209. The van der Waals surface area contributed by atoms with Gasteiger partial charge >= 0.3 is 0 Å². The molecule has 0 saturated carbocycles. The van der Waals surface area contributed by atoms with E-state index in [1.165, 1.54) is 19.3 Å². The lowest BCUT2D eigenvalue weighted by Gasteiger charge is -2.06. The molecule has 0 aromatic heterocycles.